The first-order chi connectivity index (χ1) is 13.7. The predicted molar refractivity (Wildman–Crippen MR) is 117 cm³/mol. The lowest BCUT2D eigenvalue weighted by atomic mass is 10.1. The van der Waals surface area contributed by atoms with E-state index in [1.165, 1.54) is 5.69 Å². The van der Waals surface area contributed by atoms with Gasteiger partial charge in [0, 0.05) is 42.5 Å². The van der Waals surface area contributed by atoms with Gasteiger partial charge in [-0.1, -0.05) is 41.9 Å². The molecule has 3 aromatic rings. The van der Waals surface area contributed by atoms with E-state index >= 15 is 0 Å². The number of rotatable bonds is 4. The molecule has 3 aromatic carbocycles. The van der Waals surface area contributed by atoms with Gasteiger partial charge in [-0.05, 0) is 48.5 Å². The van der Waals surface area contributed by atoms with Crippen LogP contribution in [-0.4, -0.2) is 32.1 Å². The summed E-state index contributed by atoms with van der Waals surface area (Å²) in [5.41, 5.74) is 3.73. The smallest absolute Gasteiger partial charge is 0.255 e. The van der Waals surface area contributed by atoms with Gasteiger partial charge in [0.1, 0.15) is 0 Å². The van der Waals surface area contributed by atoms with Crippen molar-refractivity contribution in [1.29, 1.82) is 0 Å². The Balaban J connectivity index is 1.46. The Morgan fingerprint density at radius 2 is 1.36 bits per heavy atom. The molecule has 142 valence electrons. The minimum Gasteiger partial charge on any atom is -0.368 e. The van der Waals surface area contributed by atoms with Gasteiger partial charge in [-0.25, -0.2) is 0 Å². The van der Waals surface area contributed by atoms with Crippen LogP contribution in [0.2, 0.25) is 5.02 Å². The van der Waals surface area contributed by atoms with Gasteiger partial charge in [-0.15, -0.1) is 0 Å². The molecule has 0 unspecified atom stereocenters. The zero-order valence-electron chi connectivity index (χ0n) is 15.5. The summed E-state index contributed by atoms with van der Waals surface area (Å²) in [7, 11) is 0. The SMILES string of the molecule is O=C(Nc1ccccc1N1CCN(c2ccccc2)CC1)c1ccc(Cl)cc1. The van der Waals surface area contributed by atoms with Gasteiger partial charge in [0.15, 0.2) is 0 Å². The third-order valence-corrected chi connectivity index (χ3v) is 5.25. The zero-order valence-corrected chi connectivity index (χ0v) is 16.3. The summed E-state index contributed by atoms with van der Waals surface area (Å²) in [6.45, 7) is 3.71. The zero-order chi connectivity index (χ0) is 19.3. The number of hydrogen-bond acceptors (Lipinski definition) is 3. The first-order valence-electron chi connectivity index (χ1n) is 9.41. The Labute approximate surface area is 170 Å². The summed E-state index contributed by atoms with van der Waals surface area (Å²) >= 11 is 5.92. The lowest BCUT2D eigenvalue weighted by Gasteiger charge is -2.38. The Morgan fingerprint density at radius 3 is 2.07 bits per heavy atom. The maximum Gasteiger partial charge on any atom is 0.255 e. The van der Waals surface area contributed by atoms with Crippen LogP contribution >= 0.6 is 11.6 Å². The van der Waals surface area contributed by atoms with Crippen molar-refractivity contribution in [3.63, 3.8) is 0 Å². The monoisotopic (exact) mass is 391 g/mol. The Hall–Kier alpha value is -2.98. The molecular formula is C23H22ClN3O. The number of carbonyl (C=O) groups excluding carboxylic acids is 1. The van der Waals surface area contributed by atoms with Crippen LogP contribution in [0.25, 0.3) is 0 Å². The van der Waals surface area contributed by atoms with Gasteiger partial charge in [0.25, 0.3) is 5.91 Å². The van der Waals surface area contributed by atoms with Gasteiger partial charge in [-0.2, -0.15) is 0 Å². The number of para-hydroxylation sites is 3. The summed E-state index contributed by atoms with van der Waals surface area (Å²) < 4.78 is 0. The van der Waals surface area contributed by atoms with Gasteiger partial charge in [0.2, 0.25) is 0 Å². The number of anilines is 3. The lowest BCUT2D eigenvalue weighted by Crippen LogP contribution is -2.46. The number of piperazine rings is 1. The lowest BCUT2D eigenvalue weighted by molar-refractivity contribution is 0.102. The number of hydrogen-bond donors (Lipinski definition) is 1. The molecule has 0 spiro atoms. The maximum absolute atomic E-state index is 12.6. The number of carbonyl (C=O) groups is 1. The summed E-state index contributed by atoms with van der Waals surface area (Å²) in [6, 6.07) is 25.4. The van der Waals surface area contributed by atoms with Crippen LogP contribution in [0, 0.1) is 0 Å². The maximum atomic E-state index is 12.6. The number of amides is 1. The molecule has 0 atom stereocenters. The second kappa shape index (κ2) is 8.36. The minimum atomic E-state index is -0.132. The molecule has 0 saturated carbocycles. The number of nitrogens with zero attached hydrogens (tertiary/aromatic N) is 2. The van der Waals surface area contributed by atoms with Crippen molar-refractivity contribution in [2.45, 2.75) is 0 Å². The fourth-order valence-electron chi connectivity index (χ4n) is 3.50. The fourth-order valence-corrected chi connectivity index (χ4v) is 3.62. The second-order valence-electron chi connectivity index (χ2n) is 6.79. The van der Waals surface area contributed by atoms with Gasteiger partial charge < -0.3 is 15.1 Å². The molecule has 28 heavy (non-hydrogen) atoms. The van der Waals surface area contributed by atoms with Crippen LogP contribution < -0.4 is 15.1 Å². The summed E-state index contributed by atoms with van der Waals surface area (Å²) in [4.78, 5) is 17.3. The fraction of sp³-hybridized carbons (Fsp3) is 0.174. The molecule has 4 rings (SSSR count). The molecule has 0 radical (unpaired) electrons. The molecule has 1 N–H and O–H groups in total. The van der Waals surface area contributed by atoms with Crippen LogP contribution in [0.4, 0.5) is 17.1 Å². The number of nitrogens with one attached hydrogen (secondary N) is 1. The molecule has 1 aliphatic heterocycles. The largest absolute Gasteiger partial charge is 0.368 e. The van der Waals surface area contributed by atoms with Gasteiger partial charge in [-0.3, -0.25) is 4.79 Å². The van der Waals surface area contributed by atoms with E-state index in [1.807, 2.05) is 24.3 Å². The number of halogens is 1. The molecule has 1 fully saturated rings. The summed E-state index contributed by atoms with van der Waals surface area (Å²) in [5.74, 6) is -0.132. The normalized spacial score (nSPS) is 14.0. The van der Waals surface area contributed by atoms with Gasteiger partial charge >= 0.3 is 0 Å². The molecule has 1 heterocycles. The van der Waals surface area contributed by atoms with Crippen molar-refractivity contribution in [3.05, 3.63) is 89.4 Å². The van der Waals surface area contributed by atoms with E-state index in [2.05, 4.69) is 45.4 Å². The molecule has 4 nitrogen and oxygen atoms in total. The second-order valence-corrected chi connectivity index (χ2v) is 7.22. The topological polar surface area (TPSA) is 35.6 Å². The quantitative estimate of drug-likeness (QED) is 0.685. The Kier molecular flexibility index (Phi) is 5.49. The van der Waals surface area contributed by atoms with E-state index in [9.17, 15) is 4.79 Å². The minimum absolute atomic E-state index is 0.132. The van der Waals surface area contributed by atoms with Crippen LogP contribution in [0.15, 0.2) is 78.9 Å². The molecule has 0 aliphatic carbocycles. The highest BCUT2D eigenvalue weighted by Crippen LogP contribution is 2.28. The summed E-state index contributed by atoms with van der Waals surface area (Å²) in [6.07, 6.45) is 0. The molecular weight excluding hydrogens is 370 g/mol. The van der Waals surface area contributed by atoms with E-state index < -0.39 is 0 Å². The Morgan fingerprint density at radius 1 is 0.750 bits per heavy atom. The van der Waals surface area contributed by atoms with Crippen LogP contribution in [0.5, 0.6) is 0 Å². The van der Waals surface area contributed by atoms with E-state index in [0.717, 1.165) is 37.6 Å². The first kappa shape index (κ1) is 18.4. The van der Waals surface area contributed by atoms with Crippen LogP contribution in [0.3, 0.4) is 0 Å². The number of benzene rings is 3. The molecule has 0 aromatic heterocycles. The third-order valence-electron chi connectivity index (χ3n) is 5.00. The van der Waals surface area contributed by atoms with E-state index in [4.69, 9.17) is 11.6 Å². The van der Waals surface area contributed by atoms with Crippen molar-refractivity contribution in [1.82, 2.24) is 0 Å². The van der Waals surface area contributed by atoms with Gasteiger partial charge in [0.05, 0.1) is 11.4 Å². The summed E-state index contributed by atoms with van der Waals surface area (Å²) in [5, 5.41) is 3.67. The molecule has 1 amide bonds. The molecule has 0 bridgehead atoms. The average molecular weight is 392 g/mol. The standard InChI is InChI=1S/C23H22ClN3O/c24-19-12-10-18(11-13-19)23(28)25-21-8-4-5-9-22(21)27-16-14-26(15-17-27)20-6-2-1-3-7-20/h1-13H,14-17H2,(H,25,28). The van der Waals surface area contributed by atoms with Crippen molar-refractivity contribution >= 4 is 34.6 Å². The molecule has 1 saturated heterocycles. The van der Waals surface area contributed by atoms with E-state index in [0.29, 0.717) is 10.6 Å². The highest BCUT2D eigenvalue weighted by atomic mass is 35.5. The first-order valence-corrected chi connectivity index (χ1v) is 9.79. The van der Waals surface area contributed by atoms with Crippen LogP contribution in [0.1, 0.15) is 10.4 Å². The highest BCUT2D eigenvalue weighted by molar-refractivity contribution is 6.30. The average Bonchev–Trinajstić information content (AvgIpc) is 2.75. The Bertz CT molecular complexity index is 936. The predicted octanol–water partition coefficient (Wildman–Crippen LogP) is 4.92. The van der Waals surface area contributed by atoms with Crippen molar-refractivity contribution < 1.29 is 4.79 Å². The van der Waals surface area contributed by atoms with E-state index in [-0.39, 0.29) is 5.91 Å². The van der Waals surface area contributed by atoms with Crippen molar-refractivity contribution in [2.24, 2.45) is 0 Å². The third kappa shape index (κ3) is 4.12. The molecule has 1 aliphatic rings. The molecule has 5 heteroatoms. The van der Waals surface area contributed by atoms with Crippen LogP contribution in [-0.2, 0) is 0 Å². The van der Waals surface area contributed by atoms with E-state index in [1.54, 1.807) is 24.3 Å². The van der Waals surface area contributed by atoms with Crippen molar-refractivity contribution in [2.75, 3.05) is 41.3 Å². The van der Waals surface area contributed by atoms with Crippen molar-refractivity contribution in [3.8, 4) is 0 Å². The highest BCUT2D eigenvalue weighted by Gasteiger charge is 2.20.